The van der Waals surface area contributed by atoms with Crippen LogP contribution >= 0.6 is 11.6 Å². The van der Waals surface area contributed by atoms with E-state index < -0.39 is 17.6 Å². The van der Waals surface area contributed by atoms with Crippen molar-refractivity contribution < 1.29 is 23.8 Å². The molecular formula is C23H23ClN4O5. The molecule has 10 heteroatoms. The molecule has 1 aromatic carbocycles. The number of carbonyl (C=O) groups is 2. The molecule has 9 nitrogen and oxygen atoms in total. The first-order chi connectivity index (χ1) is 15.9. The van der Waals surface area contributed by atoms with Crippen LogP contribution in [0, 0.1) is 6.92 Å². The van der Waals surface area contributed by atoms with Gasteiger partial charge in [0.2, 0.25) is 5.28 Å². The molecule has 0 unspecified atom stereocenters. The number of carbonyl (C=O) groups excluding carboxylic acids is 2. The van der Waals surface area contributed by atoms with E-state index in [4.69, 9.17) is 25.8 Å². The number of nitrogens with one attached hydrogen (secondary N) is 1. The minimum Gasteiger partial charge on any atom is -0.464 e. The second-order valence-corrected chi connectivity index (χ2v) is 8.20. The number of benzene rings is 1. The summed E-state index contributed by atoms with van der Waals surface area (Å²) in [6.07, 6.45) is 2.83. The number of rotatable bonds is 7. The summed E-state index contributed by atoms with van der Waals surface area (Å²) in [6, 6.07) is 11.1. The number of methoxy groups -OCH3 is 1. The summed E-state index contributed by atoms with van der Waals surface area (Å²) in [5.41, 5.74) is 2.55. The van der Waals surface area contributed by atoms with Gasteiger partial charge in [0.15, 0.2) is 0 Å². The summed E-state index contributed by atoms with van der Waals surface area (Å²) in [4.78, 5) is 33.2. The summed E-state index contributed by atoms with van der Waals surface area (Å²) in [5.74, 6) is -0.513. The van der Waals surface area contributed by atoms with Gasteiger partial charge >= 0.3 is 12.1 Å². The molecule has 1 amide bonds. The molecule has 0 aliphatic carbocycles. The zero-order chi connectivity index (χ0) is 23.4. The molecule has 0 atom stereocenters. The molecule has 2 aromatic heterocycles. The third kappa shape index (κ3) is 5.15. The SMILES string of the molecule is COC(=O)c1cc(-c2nc(Cl)ncc2C)cn1CC1(NC(=O)OCc2ccccc2)COC1. The molecule has 1 aliphatic rings. The van der Waals surface area contributed by atoms with Gasteiger partial charge in [0.25, 0.3) is 0 Å². The van der Waals surface area contributed by atoms with Crippen LogP contribution in [0.25, 0.3) is 11.3 Å². The van der Waals surface area contributed by atoms with Gasteiger partial charge in [0.05, 0.1) is 32.6 Å². The van der Waals surface area contributed by atoms with E-state index in [-0.39, 0.29) is 31.6 Å². The van der Waals surface area contributed by atoms with Crippen LogP contribution in [0.2, 0.25) is 5.28 Å². The van der Waals surface area contributed by atoms with Gasteiger partial charge in [-0.15, -0.1) is 0 Å². The van der Waals surface area contributed by atoms with E-state index in [0.29, 0.717) is 17.0 Å². The Morgan fingerprint density at radius 2 is 2.03 bits per heavy atom. The highest BCUT2D eigenvalue weighted by Crippen LogP contribution is 2.28. The average Bonchev–Trinajstić information content (AvgIpc) is 3.21. The Bertz CT molecular complexity index is 1160. The van der Waals surface area contributed by atoms with E-state index in [0.717, 1.165) is 11.1 Å². The van der Waals surface area contributed by atoms with Gasteiger partial charge in [-0.3, -0.25) is 0 Å². The number of halogens is 1. The van der Waals surface area contributed by atoms with Crippen LogP contribution in [0.3, 0.4) is 0 Å². The van der Waals surface area contributed by atoms with Crippen molar-refractivity contribution in [2.24, 2.45) is 0 Å². The average molecular weight is 471 g/mol. The fraction of sp³-hybridized carbons (Fsp3) is 0.304. The molecule has 0 saturated carbocycles. The standard InChI is InChI=1S/C23H23ClN4O5/c1-15-9-25-21(24)26-19(15)17-8-18(20(29)31-2)28(10-17)12-23(13-32-14-23)27-22(30)33-11-16-6-4-3-5-7-16/h3-10H,11-14H2,1-2H3,(H,27,30). The van der Waals surface area contributed by atoms with Crippen molar-refractivity contribution in [3.63, 3.8) is 0 Å². The van der Waals surface area contributed by atoms with Crippen molar-refractivity contribution >= 4 is 23.7 Å². The molecule has 0 spiro atoms. The van der Waals surface area contributed by atoms with Crippen LogP contribution in [0.5, 0.6) is 0 Å². The number of alkyl carbamates (subject to hydrolysis) is 1. The van der Waals surface area contributed by atoms with Crippen LogP contribution in [0.4, 0.5) is 4.79 Å². The lowest BCUT2D eigenvalue weighted by Gasteiger charge is -2.42. The van der Waals surface area contributed by atoms with Crippen LogP contribution in [-0.2, 0) is 27.4 Å². The van der Waals surface area contributed by atoms with Crippen LogP contribution in [-0.4, -0.2) is 52.5 Å². The third-order valence-corrected chi connectivity index (χ3v) is 5.50. The fourth-order valence-corrected chi connectivity index (χ4v) is 3.75. The summed E-state index contributed by atoms with van der Waals surface area (Å²) in [5, 5.41) is 3.00. The Morgan fingerprint density at radius 1 is 1.27 bits per heavy atom. The summed E-state index contributed by atoms with van der Waals surface area (Å²) >= 11 is 5.97. The van der Waals surface area contributed by atoms with Crippen molar-refractivity contribution in [3.8, 4) is 11.3 Å². The van der Waals surface area contributed by atoms with Gasteiger partial charge in [-0.25, -0.2) is 19.6 Å². The topological polar surface area (TPSA) is 105 Å². The molecule has 1 saturated heterocycles. The zero-order valence-electron chi connectivity index (χ0n) is 18.2. The quantitative estimate of drug-likeness (QED) is 0.417. The van der Waals surface area contributed by atoms with E-state index in [1.54, 1.807) is 23.0 Å². The minimum absolute atomic E-state index is 0.106. The van der Waals surface area contributed by atoms with Gasteiger partial charge in [0, 0.05) is 18.0 Å². The van der Waals surface area contributed by atoms with Crippen LogP contribution in [0.15, 0.2) is 48.8 Å². The van der Waals surface area contributed by atoms with Crippen LogP contribution < -0.4 is 5.32 Å². The summed E-state index contributed by atoms with van der Waals surface area (Å²) < 4.78 is 17.4. The maximum absolute atomic E-state index is 12.5. The Kier molecular flexibility index (Phi) is 6.62. The predicted molar refractivity (Wildman–Crippen MR) is 120 cm³/mol. The molecule has 0 radical (unpaired) electrons. The number of aromatic nitrogens is 3. The number of esters is 1. The highest BCUT2D eigenvalue weighted by atomic mass is 35.5. The van der Waals surface area contributed by atoms with E-state index in [1.807, 2.05) is 37.3 Å². The number of amides is 1. The molecule has 3 heterocycles. The number of hydrogen-bond donors (Lipinski definition) is 1. The first-order valence-electron chi connectivity index (χ1n) is 10.2. The zero-order valence-corrected chi connectivity index (χ0v) is 19.0. The highest BCUT2D eigenvalue weighted by Gasteiger charge is 2.42. The Hall–Kier alpha value is -3.43. The van der Waals surface area contributed by atoms with Gasteiger partial charge < -0.3 is 24.1 Å². The van der Waals surface area contributed by atoms with Gasteiger partial charge in [-0.2, -0.15) is 0 Å². The van der Waals surface area contributed by atoms with Crippen molar-refractivity contribution in [2.45, 2.75) is 25.6 Å². The maximum Gasteiger partial charge on any atom is 0.408 e. The summed E-state index contributed by atoms with van der Waals surface area (Å²) in [6.45, 7) is 2.83. The smallest absolute Gasteiger partial charge is 0.408 e. The van der Waals surface area contributed by atoms with E-state index in [1.165, 1.54) is 7.11 Å². The van der Waals surface area contributed by atoms with Crippen molar-refractivity contribution in [2.75, 3.05) is 20.3 Å². The lowest BCUT2D eigenvalue weighted by atomic mass is 9.97. The molecule has 4 rings (SSSR count). The van der Waals surface area contributed by atoms with Crippen LogP contribution in [0.1, 0.15) is 21.6 Å². The van der Waals surface area contributed by atoms with E-state index >= 15 is 0 Å². The Balaban J connectivity index is 1.54. The molecule has 0 bridgehead atoms. The molecule has 33 heavy (non-hydrogen) atoms. The largest absolute Gasteiger partial charge is 0.464 e. The van der Waals surface area contributed by atoms with E-state index in [9.17, 15) is 9.59 Å². The monoisotopic (exact) mass is 470 g/mol. The van der Waals surface area contributed by atoms with Crippen molar-refractivity contribution in [1.82, 2.24) is 19.9 Å². The maximum atomic E-state index is 12.5. The molecule has 3 aromatic rings. The molecule has 1 N–H and O–H groups in total. The lowest BCUT2D eigenvalue weighted by Crippen LogP contribution is -2.64. The van der Waals surface area contributed by atoms with Gasteiger partial charge in [-0.1, -0.05) is 30.3 Å². The number of hydrogen-bond acceptors (Lipinski definition) is 7. The number of aryl methyl sites for hydroxylation is 1. The van der Waals surface area contributed by atoms with Crippen molar-refractivity contribution in [3.05, 3.63) is 70.9 Å². The number of ether oxygens (including phenoxy) is 3. The lowest BCUT2D eigenvalue weighted by molar-refractivity contribution is -0.0802. The highest BCUT2D eigenvalue weighted by molar-refractivity contribution is 6.28. The second-order valence-electron chi connectivity index (χ2n) is 7.86. The van der Waals surface area contributed by atoms with Crippen molar-refractivity contribution in [1.29, 1.82) is 0 Å². The second kappa shape index (κ2) is 9.60. The van der Waals surface area contributed by atoms with Gasteiger partial charge in [0.1, 0.15) is 17.8 Å². The van der Waals surface area contributed by atoms with Gasteiger partial charge in [-0.05, 0) is 35.7 Å². The molecule has 1 aliphatic heterocycles. The number of nitrogens with zero attached hydrogens (tertiary/aromatic N) is 3. The minimum atomic E-state index is -0.731. The Labute approximate surface area is 195 Å². The predicted octanol–water partition coefficient (Wildman–Crippen LogP) is 3.39. The molecular weight excluding hydrogens is 448 g/mol. The molecule has 172 valence electrons. The summed E-state index contributed by atoms with van der Waals surface area (Å²) in [7, 11) is 1.31. The van der Waals surface area contributed by atoms with E-state index in [2.05, 4.69) is 15.3 Å². The normalized spacial score (nSPS) is 14.3. The first kappa shape index (κ1) is 22.8. The fourth-order valence-electron chi connectivity index (χ4n) is 3.61. The molecule has 1 fully saturated rings. The first-order valence-corrected chi connectivity index (χ1v) is 10.6. The Morgan fingerprint density at radius 3 is 2.70 bits per heavy atom. The third-order valence-electron chi connectivity index (χ3n) is 5.32.